The summed E-state index contributed by atoms with van der Waals surface area (Å²) in [6.07, 6.45) is 7.31. The van der Waals surface area contributed by atoms with Gasteiger partial charge in [-0.3, -0.25) is 9.59 Å². The highest BCUT2D eigenvalue weighted by Crippen LogP contribution is 2.13. The van der Waals surface area contributed by atoms with Gasteiger partial charge in [0.15, 0.2) is 0 Å². The molecule has 0 aliphatic rings. The lowest BCUT2D eigenvalue weighted by Gasteiger charge is -2.22. The molecular formula is C20H30N6O2. The molecule has 0 aromatic carbocycles. The van der Waals surface area contributed by atoms with Gasteiger partial charge in [0.2, 0.25) is 0 Å². The van der Waals surface area contributed by atoms with E-state index in [0.29, 0.717) is 17.9 Å². The van der Waals surface area contributed by atoms with Crippen LogP contribution in [-0.2, 0) is 18.9 Å². The largest absolute Gasteiger partial charge is 0.387 e. The summed E-state index contributed by atoms with van der Waals surface area (Å²) in [5.41, 5.74) is 2.64. The van der Waals surface area contributed by atoms with E-state index >= 15 is 0 Å². The average molecular weight is 387 g/mol. The molecule has 28 heavy (non-hydrogen) atoms. The van der Waals surface area contributed by atoms with E-state index < -0.39 is 0 Å². The van der Waals surface area contributed by atoms with Gasteiger partial charge < -0.3 is 30.0 Å². The quantitative estimate of drug-likeness (QED) is 0.606. The first-order valence-corrected chi connectivity index (χ1v) is 9.26. The zero-order valence-electron chi connectivity index (χ0n) is 17.4. The van der Waals surface area contributed by atoms with Crippen molar-refractivity contribution in [3.05, 3.63) is 48.2 Å². The molecule has 8 heteroatoms. The van der Waals surface area contributed by atoms with Crippen molar-refractivity contribution in [2.24, 2.45) is 14.1 Å². The molecule has 0 bridgehead atoms. The number of anilines is 2. The number of hydrogen-bond donors (Lipinski definition) is 3. The standard InChI is InChI=1S/C20H30N6O2/c1-7-25(5)17(20(28)23-15-8-9-24(4)12-15)10-14(2)22-19(27)18-11-16(21-3)13-26(18)6/h8-14,21H,7H2,1-6H3,(H,22,27)(H,23,28)/b17-10-. The predicted molar refractivity (Wildman–Crippen MR) is 112 cm³/mol. The SMILES string of the molecule is CCN(C)/C(=C\C(C)NC(=O)c1cc(NC)cn1C)C(=O)Nc1ccn(C)c1. The van der Waals surface area contributed by atoms with Gasteiger partial charge in [0, 0.05) is 59.4 Å². The summed E-state index contributed by atoms with van der Waals surface area (Å²) >= 11 is 0. The van der Waals surface area contributed by atoms with Crippen LogP contribution in [0.4, 0.5) is 11.4 Å². The second-order valence-electron chi connectivity index (χ2n) is 6.82. The van der Waals surface area contributed by atoms with Gasteiger partial charge in [-0.1, -0.05) is 0 Å². The molecule has 0 radical (unpaired) electrons. The maximum Gasteiger partial charge on any atom is 0.271 e. The maximum atomic E-state index is 12.8. The Bertz CT molecular complexity index is 864. The molecule has 2 amide bonds. The third-order valence-corrected chi connectivity index (χ3v) is 4.50. The number of aromatic nitrogens is 2. The highest BCUT2D eigenvalue weighted by Gasteiger charge is 2.18. The van der Waals surface area contributed by atoms with Crippen LogP contribution >= 0.6 is 0 Å². The fourth-order valence-corrected chi connectivity index (χ4v) is 2.81. The molecule has 152 valence electrons. The molecular weight excluding hydrogens is 356 g/mol. The first-order chi connectivity index (χ1) is 13.2. The lowest BCUT2D eigenvalue weighted by atomic mass is 10.2. The van der Waals surface area contributed by atoms with Crippen LogP contribution in [0.5, 0.6) is 0 Å². The number of nitrogens with one attached hydrogen (secondary N) is 3. The van der Waals surface area contributed by atoms with Gasteiger partial charge in [0.05, 0.1) is 11.4 Å². The Morgan fingerprint density at radius 3 is 2.50 bits per heavy atom. The second kappa shape index (κ2) is 9.16. The van der Waals surface area contributed by atoms with Crippen LogP contribution in [0.1, 0.15) is 24.3 Å². The third-order valence-electron chi connectivity index (χ3n) is 4.50. The second-order valence-corrected chi connectivity index (χ2v) is 6.82. The van der Waals surface area contributed by atoms with Crippen LogP contribution in [0.25, 0.3) is 0 Å². The van der Waals surface area contributed by atoms with Gasteiger partial charge in [-0.05, 0) is 32.1 Å². The van der Waals surface area contributed by atoms with Crippen LogP contribution in [0.3, 0.4) is 0 Å². The Kier molecular flexibility index (Phi) is 6.92. The van der Waals surface area contributed by atoms with Gasteiger partial charge in [0.1, 0.15) is 11.4 Å². The summed E-state index contributed by atoms with van der Waals surface area (Å²) < 4.78 is 3.63. The molecule has 0 fully saturated rings. The topological polar surface area (TPSA) is 83.3 Å². The minimum Gasteiger partial charge on any atom is -0.387 e. The number of likely N-dealkylation sites (N-methyl/N-ethyl adjacent to an activating group) is 1. The summed E-state index contributed by atoms with van der Waals surface area (Å²) in [5.74, 6) is -0.414. The molecule has 1 atom stereocenters. The molecule has 2 rings (SSSR count). The van der Waals surface area contributed by atoms with Crippen molar-refractivity contribution in [1.29, 1.82) is 0 Å². The molecule has 2 aromatic heterocycles. The zero-order chi connectivity index (χ0) is 20.8. The van der Waals surface area contributed by atoms with Crippen LogP contribution in [0.2, 0.25) is 0 Å². The van der Waals surface area contributed by atoms with Crippen molar-refractivity contribution < 1.29 is 9.59 Å². The summed E-state index contributed by atoms with van der Waals surface area (Å²) in [7, 11) is 7.37. The first-order valence-electron chi connectivity index (χ1n) is 9.26. The van der Waals surface area contributed by atoms with E-state index in [1.54, 1.807) is 23.8 Å². The average Bonchev–Trinajstić information content (AvgIpc) is 3.23. The third kappa shape index (κ3) is 5.18. The Labute approximate surface area is 166 Å². The molecule has 1 unspecified atom stereocenters. The van der Waals surface area contributed by atoms with Crippen molar-refractivity contribution >= 4 is 23.2 Å². The van der Waals surface area contributed by atoms with Crippen LogP contribution < -0.4 is 16.0 Å². The van der Waals surface area contributed by atoms with Gasteiger partial charge in [0.25, 0.3) is 11.8 Å². The Balaban J connectivity index is 2.14. The maximum absolute atomic E-state index is 12.8. The van der Waals surface area contributed by atoms with Gasteiger partial charge in [-0.15, -0.1) is 0 Å². The number of carbonyl (C=O) groups is 2. The van der Waals surface area contributed by atoms with Crippen molar-refractivity contribution in [3.63, 3.8) is 0 Å². The van der Waals surface area contributed by atoms with Gasteiger partial charge in [-0.2, -0.15) is 0 Å². The lowest BCUT2D eigenvalue weighted by molar-refractivity contribution is -0.114. The number of nitrogens with zero attached hydrogens (tertiary/aromatic N) is 3. The molecule has 8 nitrogen and oxygen atoms in total. The van der Waals surface area contributed by atoms with E-state index in [4.69, 9.17) is 0 Å². The van der Waals surface area contributed by atoms with E-state index in [9.17, 15) is 9.59 Å². The molecule has 0 aliphatic heterocycles. The Hall–Kier alpha value is -3.16. The summed E-state index contributed by atoms with van der Waals surface area (Å²) in [5, 5.41) is 8.84. The predicted octanol–water partition coefficient (Wildman–Crippen LogP) is 2.00. The number of amides is 2. The van der Waals surface area contributed by atoms with E-state index in [1.165, 1.54) is 0 Å². The van der Waals surface area contributed by atoms with E-state index in [1.807, 2.05) is 69.1 Å². The van der Waals surface area contributed by atoms with Crippen LogP contribution in [0.15, 0.2) is 42.5 Å². The van der Waals surface area contributed by atoms with E-state index in [2.05, 4.69) is 16.0 Å². The first kappa shape index (κ1) is 21.1. The number of aryl methyl sites for hydroxylation is 2. The highest BCUT2D eigenvalue weighted by atomic mass is 16.2. The number of rotatable bonds is 8. The lowest BCUT2D eigenvalue weighted by Crippen LogP contribution is -2.35. The molecule has 2 aromatic rings. The summed E-state index contributed by atoms with van der Waals surface area (Å²) in [6.45, 7) is 4.48. The fraction of sp³-hybridized carbons (Fsp3) is 0.400. The van der Waals surface area contributed by atoms with Crippen molar-refractivity contribution in [1.82, 2.24) is 19.4 Å². The van der Waals surface area contributed by atoms with Crippen LogP contribution in [0, 0.1) is 0 Å². The van der Waals surface area contributed by atoms with Gasteiger partial charge >= 0.3 is 0 Å². The normalized spacial score (nSPS) is 12.4. The van der Waals surface area contributed by atoms with E-state index in [-0.39, 0.29) is 17.9 Å². The summed E-state index contributed by atoms with van der Waals surface area (Å²) in [4.78, 5) is 27.2. The fourth-order valence-electron chi connectivity index (χ4n) is 2.81. The number of hydrogen-bond acceptors (Lipinski definition) is 4. The zero-order valence-corrected chi connectivity index (χ0v) is 17.4. The minimum absolute atomic E-state index is 0.199. The molecule has 0 saturated carbocycles. The van der Waals surface area contributed by atoms with Crippen molar-refractivity contribution in [2.75, 3.05) is 31.3 Å². The molecule has 3 N–H and O–H groups in total. The van der Waals surface area contributed by atoms with Gasteiger partial charge in [-0.25, -0.2) is 0 Å². The molecule has 0 aliphatic carbocycles. The molecule has 0 saturated heterocycles. The Morgan fingerprint density at radius 1 is 1.25 bits per heavy atom. The van der Waals surface area contributed by atoms with Crippen LogP contribution in [-0.4, -0.2) is 52.5 Å². The molecule has 2 heterocycles. The van der Waals surface area contributed by atoms with Crippen molar-refractivity contribution in [3.8, 4) is 0 Å². The minimum atomic E-state index is -0.328. The number of carbonyl (C=O) groups excluding carboxylic acids is 2. The molecule has 0 spiro atoms. The smallest absolute Gasteiger partial charge is 0.271 e. The van der Waals surface area contributed by atoms with Crippen molar-refractivity contribution in [2.45, 2.75) is 19.9 Å². The monoisotopic (exact) mass is 386 g/mol. The summed E-state index contributed by atoms with van der Waals surface area (Å²) in [6, 6.07) is 3.29. The Morgan fingerprint density at radius 2 is 1.96 bits per heavy atom. The van der Waals surface area contributed by atoms with E-state index in [0.717, 1.165) is 11.4 Å². The highest BCUT2D eigenvalue weighted by molar-refractivity contribution is 6.03.